The molecule has 0 aromatic carbocycles. The van der Waals surface area contributed by atoms with Crippen molar-refractivity contribution >= 4 is 12.2 Å². The Bertz CT molecular complexity index is 455. The van der Waals surface area contributed by atoms with Crippen LogP contribution in [-0.2, 0) is 13.0 Å². The molecule has 0 atom stereocenters. The largest absolute Gasteiger partial charge is 0.469 e. The maximum absolute atomic E-state index is 5.23. The minimum Gasteiger partial charge on any atom is -0.469 e. The number of rotatable bonds is 3. The number of aromatic amines is 1. The summed E-state index contributed by atoms with van der Waals surface area (Å²) in [6.45, 7) is 2.73. The van der Waals surface area contributed by atoms with Crippen LogP contribution < -0.4 is 0 Å². The van der Waals surface area contributed by atoms with Crippen LogP contribution in [-0.4, -0.2) is 14.8 Å². The first kappa shape index (κ1) is 9.21. The summed E-state index contributed by atoms with van der Waals surface area (Å²) in [5.41, 5.74) is 0. The van der Waals surface area contributed by atoms with Crippen molar-refractivity contribution in [1.82, 2.24) is 14.8 Å². The Kier molecular flexibility index (Phi) is 2.49. The van der Waals surface area contributed by atoms with E-state index in [1.54, 1.807) is 6.26 Å². The molecule has 2 rings (SSSR count). The molecule has 2 aromatic rings. The summed E-state index contributed by atoms with van der Waals surface area (Å²) in [5.74, 6) is 1.87. The van der Waals surface area contributed by atoms with Crippen LogP contribution in [0.3, 0.4) is 0 Å². The zero-order valence-electron chi connectivity index (χ0n) is 7.86. The highest BCUT2D eigenvalue weighted by Gasteiger charge is 2.02. The zero-order chi connectivity index (χ0) is 9.97. The van der Waals surface area contributed by atoms with E-state index in [-0.39, 0.29) is 0 Å². The molecule has 0 aliphatic rings. The third-order valence-electron chi connectivity index (χ3n) is 2.11. The smallest absolute Gasteiger partial charge is 0.195 e. The van der Waals surface area contributed by atoms with Gasteiger partial charge in [0.15, 0.2) is 4.77 Å². The van der Waals surface area contributed by atoms with Gasteiger partial charge in [0, 0.05) is 13.0 Å². The molecular weight excluding hydrogens is 198 g/mol. The summed E-state index contributed by atoms with van der Waals surface area (Å²) in [4.78, 5) is 0. The van der Waals surface area contributed by atoms with Crippen LogP contribution in [0.15, 0.2) is 22.8 Å². The molecule has 0 amide bonds. The van der Waals surface area contributed by atoms with Crippen molar-refractivity contribution in [2.75, 3.05) is 0 Å². The highest BCUT2D eigenvalue weighted by molar-refractivity contribution is 7.71. The van der Waals surface area contributed by atoms with Crippen molar-refractivity contribution in [3.63, 3.8) is 0 Å². The lowest BCUT2D eigenvalue weighted by atomic mass is 10.3. The monoisotopic (exact) mass is 209 g/mol. The fourth-order valence-corrected chi connectivity index (χ4v) is 1.61. The van der Waals surface area contributed by atoms with Crippen molar-refractivity contribution in [2.24, 2.45) is 0 Å². The Labute approximate surface area is 86.6 Å². The van der Waals surface area contributed by atoms with Crippen LogP contribution in [0.4, 0.5) is 0 Å². The summed E-state index contributed by atoms with van der Waals surface area (Å²) in [6.07, 6.45) is 2.51. The normalized spacial score (nSPS) is 10.6. The summed E-state index contributed by atoms with van der Waals surface area (Å²) < 4.78 is 7.85. The lowest BCUT2D eigenvalue weighted by molar-refractivity contribution is 0.488. The number of aryl methyl sites for hydroxylation is 2. The molecule has 0 aliphatic heterocycles. The van der Waals surface area contributed by atoms with Gasteiger partial charge in [0.05, 0.1) is 6.26 Å². The minimum atomic E-state index is 0.661. The number of furan rings is 1. The molecule has 0 aliphatic carbocycles. The molecule has 0 saturated heterocycles. The van der Waals surface area contributed by atoms with E-state index in [9.17, 15) is 0 Å². The summed E-state index contributed by atoms with van der Waals surface area (Å²) in [6, 6.07) is 3.84. The van der Waals surface area contributed by atoms with Gasteiger partial charge in [-0.25, -0.2) is 0 Å². The fourth-order valence-electron chi connectivity index (χ4n) is 1.34. The van der Waals surface area contributed by atoms with E-state index in [1.807, 2.05) is 23.6 Å². The molecule has 2 aromatic heterocycles. The molecule has 14 heavy (non-hydrogen) atoms. The van der Waals surface area contributed by atoms with Crippen molar-refractivity contribution < 1.29 is 4.42 Å². The number of hydrogen-bond acceptors (Lipinski definition) is 3. The molecule has 0 bridgehead atoms. The molecular formula is C9H11N3OS. The van der Waals surface area contributed by atoms with Gasteiger partial charge in [0.1, 0.15) is 11.6 Å². The average molecular weight is 209 g/mol. The molecule has 4 nitrogen and oxygen atoms in total. The van der Waals surface area contributed by atoms with Crippen molar-refractivity contribution in [3.8, 4) is 0 Å². The van der Waals surface area contributed by atoms with Crippen LogP contribution in [0.1, 0.15) is 11.6 Å². The number of H-pyrrole nitrogens is 1. The summed E-state index contributed by atoms with van der Waals surface area (Å²) in [7, 11) is 0. The maximum atomic E-state index is 5.23. The van der Waals surface area contributed by atoms with E-state index >= 15 is 0 Å². The SMILES string of the molecule is Cc1n[nH]c(=S)n1CCc1ccco1. The van der Waals surface area contributed by atoms with Gasteiger partial charge in [-0.15, -0.1) is 0 Å². The minimum absolute atomic E-state index is 0.661. The van der Waals surface area contributed by atoms with Crippen molar-refractivity contribution in [1.29, 1.82) is 0 Å². The van der Waals surface area contributed by atoms with Crippen LogP contribution >= 0.6 is 12.2 Å². The highest BCUT2D eigenvalue weighted by atomic mass is 32.1. The lowest BCUT2D eigenvalue weighted by Crippen LogP contribution is -2.03. The van der Waals surface area contributed by atoms with Crippen LogP contribution in [0.25, 0.3) is 0 Å². The predicted molar refractivity (Wildman–Crippen MR) is 54.6 cm³/mol. The predicted octanol–water partition coefficient (Wildman–Crippen LogP) is 2.08. The Balaban J connectivity index is 2.09. The first-order chi connectivity index (χ1) is 6.77. The first-order valence-corrected chi connectivity index (χ1v) is 4.82. The Hall–Kier alpha value is -1.36. The van der Waals surface area contributed by atoms with Gasteiger partial charge in [-0.3, -0.25) is 5.10 Å². The van der Waals surface area contributed by atoms with E-state index in [2.05, 4.69) is 10.2 Å². The van der Waals surface area contributed by atoms with Crippen molar-refractivity contribution in [2.45, 2.75) is 19.9 Å². The maximum Gasteiger partial charge on any atom is 0.195 e. The summed E-state index contributed by atoms with van der Waals surface area (Å²) >= 11 is 5.08. The van der Waals surface area contributed by atoms with Gasteiger partial charge >= 0.3 is 0 Å². The van der Waals surface area contributed by atoms with E-state index in [0.29, 0.717) is 4.77 Å². The second kappa shape index (κ2) is 3.79. The molecule has 2 heterocycles. The molecule has 0 spiro atoms. The highest BCUT2D eigenvalue weighted by Crippen LogP contribution is 2.04. The van der Waals surface area contributed by atoms with E-state index in [0.717, 1.165) is 24.6 Å². The van der Waals surface area contributed by atoms with Crippen LogP contribution in [0.5, 0.6) is 0 Å². The molecule has 1 N–H and O–H groups in total. The van der Waals surface area contributed by atoms with E-state index < -0.39 is 0 Å². The topological polar surface area (TPSA) is 46.8 Å². The number of nitrogens with zero attached hydrogens (tertiary/aromatic N) is 2. The van der Waals surface area contributed by atoms with Gasteiger partial charge in [0.25, 0.3) is 0 Å². The average Bonchev–Trinajstić information content (AvgIpc) is 2.76. The molecule has 0 unspecified atom stereocenters. The zero-order valence-corrected chi connectivity index (χ0v) is 8.67. The Morgan fingerprint density at radius 1 is 1.64 bits per heavy atom. The number of nitrogens with one attached hydrogen (secondary N) is 1. The molecule has 0 radical (unpaired) electrons. The molecule has 5 heteroatoms. The van der Waals surface area contributed by atoms with Gasteiger partial charge in [-0.2, -0.15) is 5.10 Å². The standard InChI is InChI=1S/C9H11N3OS/c1-7-10-11-9(14)12(7)5-4-8-3-2-6-13-8/h2-3,6H,4-5H2,1H3,(H,11,14). The molecule has 0 fully saturated rings. The third-order valence-corrected chi connectivity index (χ3v) is 2.42. The van der Waals surface area contributed by atoms with E-state index in [4.69, 9.17) is 16.6 Å². The summed E-state index contributed by atoms with van der Waals surface area (Å²) in [5, 5.41) is 6.78. The lowest BCUT2D eigenvalue weighted by Gasteiger charge is -2.01. The fraction of sp³-hybridized carbons (Fsp3) is 0.333. The Morgan fingerprint density at radius 3 is 3.07 bits per heavy atom. The number of aromatic nitrogens is 3. The van der Waals surface area contributed by atoms with Crippen LogP contribution in [0, 0.1) is 11.7 Å². The second-order valence-electron chi connectivity index (χ2n) is 3.06. The third kappa shape index (κ3) is 1.77. The van der Waals surface area contributed by atoms with Gasteiger partial charge in [0.2, 0.25) is 0 Å². The van der Waals surface area contributed by atoms with Gasteiger partial charge in [-0.05, 0) is 31.3 Å². The van der Waals surface area contributed by atoms with E-state index in [1.165, 1.54) is 0 Å². The van der Waals surface area contributed by atoms with Gasteiger partial charge < -0.3 is 8.98 Å². The Morgan fingerprint density at radius 2 is 2.50 bits per heavy atom. The molecule has 74 valence electrons. The van der Waals surface area contributed by atoms with Gasteiger partial charge in [-0.1, -0.05) is 0 Å². The first-order valence-electron chi connectivity index (χ1n) is 4.41. The quantitative estimate of drug-likeness (QED) is 0.787. The van der Waals surface area contributed by atoms with Crippen molar-refractivity contribution in [3.05, 3.63) is 34.8 Å². The molecule has 0 saturated carbocycles. The van der Waals surface area contributed by atoms with Crippen LogP contribution in [0.2, 0.25) is 0 Å². The second-order valence-corrected chi connectivity index (χ2v) is 3.44. The number of hydrogen-bond donors (Lipinski definition) is 1.